The minimum Gasteiger partial charge on any atom is -0.382 e. The molecule has 0 radical (unpaired) electrons. The van der Waals surface area contributed by atoms with Crippen molar-refractivity contribution in [3.8, 4) is 0 Å². The number of nitrogen functional groups attached to an aromatic ring is 1. The number of hydrogen-bond donors (Lipinski definition) is 1. The zero-order valence-electron chi connectivity index (χ0n) is 9.99. The summed E-state index contributed by atoms with van der Waals surface area (Å²) in [6, 6.07) is 4.80. The molecule has 0 atom stereocenters. The Labute approximate surface area is 120 Å². The van der Waals surface area contributed by atoms with Crippen molar-refractivity contribution in [3.05, 3.63) is 45.3 Å². The molecule has 0 saturated carbocycles. The van der Waals surface area contributed by atoms with Gasteiger partial charge in [-0.25, -0.2) is 4.98 Å². The number of ketones is 1. The summed E-state index contributed by atoms with van der Waals surface area (Å²) in [6.07, 6.45) is 1.84. The van der Waals surface area contributed by atoms with Gasteiger partial charge in [0.05, 0.1) is 5.02 Å². The standard InChI is InChI=1S/C13H11Cl2N3O/c14-7-3-4-8(9(15)6-7)12(19)11-13(16)17-10-2-1-5-18(10)11/h3-4,6H,1-2,5,16H2. The Morgan fingerprint density at radius 3 is 2.89 bits per heavy atom. The van der Waals surface area contributed by atoms with Crippen molar-refractivity contribution in [2.45, 2.75) is 19.4 Å². The van der Waals surface area contributed by atoms with Crippen molar-refractivity contribution >= 4 is 34.8 Å². The van der Waals surface area contributed by atoms with Crippen LogP contribution in [0.1, 0.15) is 28.3 Å². The maximum atomic E-state index is 12.6. The van der Waals surface area contributed by atoms with E-state index in [-0.39, 0.29) is 11.6 Å². The minimum atomic E-state index is -0.209. The number of nitrogens with two attached hydrogens (primary N) is 1. The molecule has 1 aliphatic heterocycles. The Kier molecular flexibility index (Phi) is 2.99. The number of rotatable bonds is 2. The second kappa shape index (κ2) is 4.54. The van der Waals surface area contributed by atoms with Crippen molar-refractivity contribution in [1.82, 2.24) is 9.55 Å². The number of anilines is 1. The van der Waals surface area contributed by atoms with Crippen LogP contribution in [0.15, 0.2) is 18.2 Å². The van der Waals surface area contributed by atoms with E-state index in [0.717, 1.165) is 25.2 Å². The van der Waals surface area contributed by atoms with Gasteiger partial charge in [0, 0.05) is 23.6 Å². The van der Waals surface area contributed by atoms with Crippen LogP contribution in [0.25, 0.3) is 0 Å². The third-order valence-electron chi connectivity index (χ3n) is 3.25. The maximum absolute atomic E-state index is 12.6. The quantitative estimate of drug-likeness (QED) is 0.867. The average Bonchev–Trinajstić information content (AvgIpc) is 2.87. The second-order valence-electron chi connectivity index (χ2n) is 4.47. The van der Waals surface area contributed by atoms with Gasteiger partial charge in [-0.05, 0) is 24.6 Å². The first-order valence-electron chi connectivity index (χ1n) is 5.92. The van der Waals surface area contributed by atoms with Crippen molar-refractivity contribution in [2.75, 3.05) is 5.73 Å². The lowest BCUT2D eigenvalue weighted by atomic mass is 10.1. The molecule has 6 heteroatoms. The summed E-state index contributed by atoms with van der Waals surface area (Å²) in [6.45, 7) is 0.770. The van der Waals surface area contributed by atoms with Crippen LogP contribution in [0.3, 0.4) is 0 Å². The molecule has 0 spiro atoms. The molecule has 2 N–H and O–H groups in total. The molecule has 19 heavy (non-hydrogen) atoms. The number of fused-ring (bicyclic) bond motifs is 1. The van der Waals surface area contributed by atoms with Gasteiger partial charge in [0.1, 0.15) is 11.5 Å². The normalized spacial score (nSPS) is 13.6. The number of benzene rings is 1. The molecule has 0 fully saturated rings. The van der Waals surface area contributed by atoms with E-state index < -0.39 is 0 Å². The second-order valence-corrected chi connectivity index (χ2v) is 5.31. The molecule has 1 aromatic heterocycles. The molecule has 0 amide bonds. The first-order chi connectivity index (χ1) is 9.08. The first-order valence-corrected chi connectivity index (χ1v) is 6.68. The molecule has 2 heterocycles. The van der Waals surface area contributed by atoms with Crippen molar-refractivity contribution in [3.63, 3.8) is 0 Å². The predicted octanol–water partition coefficient (Wildman–Crippen LogP) is 2.95. The summed E-state index contributed by atoms with van der Waals surface area (Å²) in [5.41, 5.74) is 6.67. The highest BCUT2D eigenvalue weighted by atomic mass is 35.5. The monoisotopic (exact) mass is 295 g/mol. The summed E-state index contributed by atoms with van der Waals surface area (Å²) in [5.74, 6) is 0.927. The van der Waals surface area contributed by atoms with Crippen molar-refractivity contribution < 1.29 is 4.79 Å². The highest BCUT2D eigenvalue weighted by Gasteiger charge is 2.26. The molecule has 0 saturated heterocycles. The van der Waals surface area contributed by atoms with Crippen LogP contribution in [-0.2, 0) is 13.0 Å². The van der Waals surface area contributed by atoms with Crippen LogP contribution < -0.4 is 5.73 Å². The fourth-order valence-electron chi connectivity index (χ4n) is 2.39. The van der Waals surface area contributed by atoms with Gasteiger partial charge >= 0.3 is 0 Å². The molecule has 1 aromatic carbocycles. The van der Waals surface area contributed by atoms with Gasteiger partial charge in [-0.15, -0.1) is 0 Å². The third-order valence-corrected chi connectivity index (χ3v) is 3.79. The van der Waals surface area contributed by atoms with E-state index in [4.69, 9.17) is 28.9 Å². The molecule has 2 aromatic rings. The van der Waals surface area contributed by atoms with E-state index in [2.05, 4.69) is 4.98 Å². The number of aromatic nitrogens is 2. The van der Waals surface area contributed by atoms with Crippen LogP contribution in [0.5, 0.6) is 0 Å². The highest BCUT2D eigenvalue weighted by molar-refractivity contribution is 6.37. The van der Waals surface area contributed by atoms with E-state index >= 15 is 0 Å². The maximum Gasteiger partial charge on any atom is 0.214 e. The Balaban J connectivity index is 2.10. The number of imidazole rings is 1. The molecular weight excluding hydrogens is 285 g/mol. The highest BCUT2D eigenvalue weighted by Crippen LogP contribution is 2.28. The van der Waals surface area contributed by atoms with E-state index in [1.54, 1.807) is 18.2 Å². The summed E-state index contributed by atoms with van der Waals surface area (Å²) < 4.78 is 1.88. The van der Waals surface area contributed by atoms with Crippen LogP contribution in [0.4, 0.5) is 5.82 Å². The van der Waals surface area contributed by atoms with Gasteiger partial charge in [-0.1, -0.05) is 23.2 Å². The van der Waals surface area contributed by atoms with E-state index in [0.29, 0.717) is 21.3 Å². The Morgan fingerprint density at radius 2 is 2.16 bits per heavy atom. The molecule has 0 unspecified atom stereocenters. The SMILES string of the molecule is Nc1nc2n(c1C(=O)c1ccc(Cl)cc1Cl)CCC2. The van der Waals surface area contributed by atoms with Gasteiger partial charge in [0.25, 0.3) is 0 Å². The van der Waals surface area contributed by atoms with E-state index in [1.807, 2.05) is 4.57 Å². The van der Waals surface area contributed by atoms with Crippen LogP contribution in [0.2, 0.25) is 10.0 Å². The number of aryl methyl sites for hydroxylation is 1. The average molecular weight is 296 g/mol. The smallest absolute Gasteiger partial charge is 0.214 e. The largest absolute Gasteiger partial charge is 0.382 e. The number of halogens is 2. The summed E-state index contributed by atoms with van der Waals surface area (Å²) in [7, 11) is 0. The molecule has 3 rings (SSSR count). The fourth-order valence-corrected chi connectivity index (χ4v) is 2.88. The van der Waals surface area contributed by atoms with Crippen LogP contribution in [-0.4, -0.2) is 15.3 Å². The van der Waals surface area contributed by atoms with E-state index in [9.17, 15) is 4.79 Å². The zero-order chi connectivity index (χ0) is 13.6. The number of carbonyl (C=O) groups is 1. The Hall–Kier alpha value is -1.52. The van der Waals surface area contributed by atoms with Crippen LogP contribution in [0, 0.1) is 0 Å². The number of nitrogens with zero attached hydrogens (tertiary/aromatic N) is 2. The fraction of sp³-hybridized carbons (Fsp3) is 0.231. The number of carbonyl (C=O) groups excluding carboxylic acids is 1. The molecule has 98 valence electrons. The Morgan fingerprint density at radius 1 is 1.37 bits per heavy atom. The lowest BCUT2D eigenvalue weighted by Gasteiger charge is -2.07. The summed E-state index contributed by atoms with van der Waals surface area (Å²) >= 11 is 11.9. The van der Waals surface area contributed by atoms with Gasteiger partial charge in [0.2, 0.25) is 5.78 Å². The van der Waals surface area contributed by atoms with Gasteiger partial charge in [0.15, 0.2) is 5.82 Å². The van der Waals surface area contributed by atoms with E-state index in [1.165, 1.54) is 0 Å². The molecule has 0 bridgehead atoms. The third kappa shape index (κ3) is 2.01. The van der Waals surface area contributed by atoms with Gasteiger partial charge in [-0.3, -0.25) is 4.79 Å². The zero-order valence-corrected chi connectivity index (χ0v) is 11.5. The summed E-state index contributed by atoms with van der Waals surface area (Å²) in [5, 5.41) is 0.818. The van der Waals surface area contributed by atoms with Gasteiger partial charge < -0.3 is 10.3 Å². The molecule has 1 aliphatic rings. The first kappa shape index (κ1) is 12.5. The van der Waals surface area contributed by atoms with Crippen molar-refractivity contribution in [1.29, 1.82) is 0 Å². The Bertz CT molecular complexity index is 679. The lowest BCUT2D eigenvalue weighted by Crippen LogP contribution is -2.11. The summed E-state index contributed by atoms with van der Waals surface area (Å²) in [4.78, 5) is 16.8. The van der Waals surface area contributed by atoms with Crippen molar-refractivity contribution in [2.24, 2.45) is 0 Å². The van der Waals surface area contributed by atoms with Crippen LogP contribution >= 0.6 is 23.2 Å². The van der Waals surface area contributed by atoms with Gasteiger partial charge in [-0.2, -0.15) is 0 Å². The lowest BCUT2D eigenvalue weighted by molar-refractivity contribution is 0.103. The molecular formula is C13H11Cl2N3O. The predicted molar refractivity (Wildman–Crippen MR) is 74.9 cm³/mol. The number of hydrogen-bond acceptors (Lipinski definition) is 3. The topological polar surface area (TPSA) is 60.9 Å². The minimum absolute atomic E-state index is 0.209. The molecule has 4 nitrogen and oxygen atoms in total. The molecule has 0 aliphatic carbocycles.